The van der Waals surface area contributed by atoms with E-state index in [4.69, 9.17) is 11.6 Å². The number of benzene rings is 3. The number of ketones is 1. The highest BCUT2D eigenvalue weighted by Crippen LogP contribution is 2.38. The van der Waals surface area contributed by atoms with Crippen LogP contribution in [0.1, 0.15) is 55.1 Å². The molecule has 0 saturated heterocycles. The van der Waals surface area contributed by atoms with Gasteiger partial charge in [0.1, 0.15) is 6.04 Å². The standard InChI is InChI=1S/C33H38ClN3O5S/c1-33(2,3)19-31(39)35-26-21-43(41,42)30-18-27(36(4)5)25(29(38)16-13-22-9-7-6-8-10-22)17-28(30)37(32(26)40)20-23-11-14-24(34)15-12-23/h6-12,14-15,17-18,26H,13,16,19-21H2,1-5H3,(H,35,39)/t26-/m0/s1. The van der Waals surface area contributed by atoms with Crippen molar-refractivity contribution in [2.24, 2.45) is 5.41 Å². The molecular formula is C33H38ClN3O5S. The first-order valence-electron chi connectivity index (χ1n) is 14.1. The van der Waals surface area contributed by atoms with Crippen LogP contribution in [0.2, 0.25) is 5.02 Å². The van der Waals surface area contributed by atoms with E-state index < -0.39 is 33.4 Å². The van der Waals surface area contributed by atoms with Crippen molar-refractivity contribution in [1.82, 2.24) is 5.32 Å². The molecule has 3 aromatic carbocycles. The number of nitrogens with zero attached hydrogens (tertiary/aromatic N) is 2. The molecule has 228 valence electrons. The van der Waals surface area contributed by atoms with Gasteiger partial charge in [-0.1, -0.05) is 74.8 Å². The van der Waals surface area contributed by atoms with Crippen LogP contribution in [0.4, 0.5) is 11.4 Å². The fourth-order valence-electron chi connectivity index (χ4n) is 5.10. The zero-order valence-corrected chi connectivity index (χ0v) is 26.8. The summed E-state index contributed by atoms with van der Waals surface area (Å²) in [6.07, 6.45) is 0.829. The number of rotatable bonds is 9. The van der Waals surface area contributed by atoms with Crippen molar-refractivity contribution in [3.63, 3.8) is 0 Å². The van der Waals surface area contributed by atoms with E-state index in [9.17, 15) is 22.8 Å². The summed E-state index contributed by atoms with van der Waals surface area (Å²) in [7, 11) is -0.589. The van der Waals surface area contributed by atoms with Gasteiger partial charge in [-0.05, 0) is 47.2 Å². The Balaban J connectivity index is 1.82. The number of nitrogens with one attached hydrogen (secondary N) is 1. The molecule has 1 aliphatic heterocycles. The smallest absolute Gasteiger partial charge is 0.250 e. The van der Waals surface area contributed by atoms with Crippen LogP contribution in [-0.4, -0.2) is 51.9 Å². The van der Waals surface area contributed by atoms with Crippen LogP contribution in [0.25, 0.3) is 0 Å². The Kier molecular flexibility index (Phi) is 9.66. The first-order chi connectivity index (χ1) is 20.1. The van der Waals surface area contributed by atoms with E-state index in [1.54, 1.807) is 43.3 Å². The third-order valence-electron chi connectivity index (χ3n) is 7.20. The second kappa shape index (κ2) is 12.9. The second-order valence-electron chi connectivity index (χ2n) is 12.3. The lowest BCUT2D eigenvalue weighted by Gasteiger charge is -2.28. The van der Waals surface area contributed by atoms with Gasteiger partial charge in [0.2, 0.25) is 5.91 Å². The predicted octanol–water partition coefficient (Wildman–Crippen LogP) is 5.46. The Morgan fingerprint density at radius 2 is 1.65 bits per heavy atom. The molecule has 2 amide bonds. The van der Waals surface area contributed by atoms with Gasteiger partial charge in [0.15, 0.2) is 15.6 Å². The zero-order chi connectivity index (χ0) is 31.5. The van der Waals surface area contributed by atoms with Crippen molar-refractivity contribution in [3.8, 4) is 0 Å². The lowest BCUT2D eigenvalue weighted by Crippen LogP contribution is -2.50. The summed E-state index contributed by atoms with van der Waals surface area (Å²) in [5, 5.41) is 3.20. The van der Waals surface area contributed by atoms with E-state index in [-0.39, 0.29) is 41.2 Å². The zero-order valence-electron chi connectivity index (χ0n) is 25.2. The van der Waals surface area contributed by atoms with Crippen LogP contribution in [-0.2, 0) is 32.4 Å². The number of hydrogen-bond acceptors (Lipinski definition) is 6. The maximum absolute atomic E-state index is 14.1. The van der Waals surface area contributed by atoms with Crippen molar-refractivity contribution in [1.29, 1.82) is 0 Å². The third kappa shape index (κ3) is 8.03. The summed E-state index contributed by atoms with van der Waals surface area (Å²) in [6, 6.07) is 18.2. The number of anilines is 2. The van der Waals surface area contributed by atoms with Gasteiger partial charge in [0.05, 0.1) is 22.9 Å². The lowest BCUT2D eigenvalue weighted by molar-refractivity contribution is -0.128. The van der Waals surface area contributed by atoms with Crippen LogP contribution < -0.4 is 15.1 Å². The normalized spacial score (nSPS) is 16.3. The number of sulfone groups is 1. The van der Waals surface area contributed by atoms with Crippen molar-refractivity contribution in [2.45, 2.75) is 57.5 Å². The van der Waals surface area contributed by atoms with Crippen molar-refractivity contribution in [3.05, 3.63) is 88.4 Å². The van der Waals surface area contributed by atoms with Crippen LogP contribution in [0.3, 0.4) is 0 Å². The molecule has 1 heterocycles. The Morgan fingerprint density at radius 1 is 1.00 bits per heavy atom. The second-order valence-corrected chi connectivity index (χ2v) is 14.8. The van der Waals surface area contributed by atoms with Gasteiger partial charge in [-0.25, -0.2) is 8.42 Å². The molecule has 1 atom stereocenters. The molecule has 10 heteroatoms. The van der Waals surface area contributed by atoms with Gasteiger partial charge < -0.3 is 15.1 Å². The van der Waals surface area contributed by atoms with Crippen LogP contribution in [0.15, 0.2) is 71.6 Å². The summed E-state index contributed by atoms with van der Waals surface area (Å²) in [4.78, 5) is 43.7. The highest BCUT2D eigenvalue weighted by atomic mass is 35.5. The van der Waals surface area contributed by atoms with Crippen LogP contribution in [0, 0.1) is 5.41 Å². The topological polar surface area (TPSA) is 104 Å². The fourth-order valence-corrected chi connectivity index (χ4v) is 6.85. The Morgan fingerprint density at radius 3 is 2.26 bits per heavy atom. The molecule has 3 aromatic rings. The van der Waals surface area contributed by atoms with Gasteiger partial charge in [-0.15, -0.1) is 0 Å². The molecule has 0 unspecified atom stereocenters. The van der Waals surface area contributed by atoms with Crippen molar-refractivity contribution in [2.75, 3.05) is 29.6 Å². The lowest BCUT2D eigenvalue weighted by atomic mass is 9.92. The average Bonchev–Trinajstić information content (AvgIpc) is 3.00. The number of Topliss-reactive ketones (excluding diaryl/α,β-unsaturated/α-hetero) is 1. The molecule has 0 radical (unpaired) electrons. The number of halogens is 1. The molecule has 0 aliphatic carbocycles. The monoisotopic (exact) mass is 623 g/mol. The summed E-state index contributed by atoms with van der Waals surface area (Å²) >= 11 is 6.09. The Bertz CT molecular complexity index is 1610. The largest absolute Gasteiger partial charge is 0.377 e. The molecule has 4 rings (SSSR count). The number of hydrogen-bond donors (Lipinski definition) is 1. The minimum atomic E-state index is -4.07. The predicted molar refractivity (Wildman–Crippen MR) is 171 cm³/mol. The third-order valence-corrected chi connectivity index (χ3v) is 9.22. The molecule has 0 spiro atoms. The van der Waals surface area contributed by atoms with Gasteiger partial charge in [-0.2, -0.15) is 0 Å². The number of aryl methyl sites for hydroxylation is 1. The molecule has 1 N–H and O–H groups in total. The molecule has 8 nitrogen and oxygen atoms in total. The van der Waals surface area contributed by atoms with Crippen LogP contribution in [0.5, 0.6) is 0 Å². The molecule has 43 heavy (non-hydrogen) atoms. The highest BCUT2D eigenvalue weighted by molar-refractivity contribution is 7.91. The van der Waals surface area contributed by atoms with E-state index >= 15 is 0 Å². The number of fused-ring (bicyclic) bond motifs is 1. The average molecular weight is 624 g/mol. The molecule has 0 fully saturated rings. The summed E-state index contributed by atoms with van der Waals surface area (Å²) in [5.41, 5.74) is 2.22. The molecule has 1 aliphatic rings. The molecular weight excluding hydrogens is 586 g/mol. The minimum absolute atomic E-state index is 0.0170. The van der Waals surface area contributed by atoms with Crippen molar-refractivity contribution >= 4 is 50.4 Å². The Hall–Kier alpha value is -3.69. The Labute approximate surface area is 258 Å². The molecule has 0 saturated carbocycles. The SMILES string of the molecule is CN(C)c1cc2c(cc1C(=O)CCc1ccccc1)N(Cc1ccc(Cl)cc1)C(=O)[C@@H](NC(=O)CC(C)(C)C)CS2(=O)=O. The van der Waals surface area contributed by atoms with E-state index in [0.29, 0.717) is 28.3 Å². The minimum Gasteiger partial charge on any atom is -0.377 e. The number of amides is 2. The first kappa shape index (κ1) is 32.2. The summed E-state index contributed by atoms with van der Waals surface area (Å²) < 4.78 is 27.7. The van der Waals surface area contributed by atoms with Crippen LogP contribution >= 0.6 is 11.6 Å². The molecule has 0 aromatic heterocycles. The molecule has 0 bridgehead atoms. The quantitative estimate of drug-likeness (QED) is 0.317. The van der Waals surface area contributed by atoms with Gasteiger partial charge >= 0.3 is 0 Å². The number of carbonyl (C=O) groups excluding carboxylic acids is 3. The van der Waals surface area contributed by atoms with E-state index in [2.05, 4.69) is 5.32 Å². The van der Waals surface area contributed by atoms with E-state index in [1.165, 1.54) is 17.0 Å². The highest BCUT2D eigenvalue weighted by Gasteiger charge is 2.40. The maximum atomic E-state index is 14.1. The van der Waals surface area contributed by atoms with Gasteiger partial charge in [0.25, 0.3) is 5.91 Å². The van der Waals surface area contributed by atoms with Crippen molar-refractivity contribution < 1.29 is 22.8 Å². The van der Waals surface area contributed by atoms with Gasteiger partial charge in [0, 0.05) is 43.2 Å². The first-order valence-corrected chi connectivity index (χ1v) is 16.2. The fraction of sp³-hybridized carbons (Fsp3) is 0.364. The van der Waals surface area contributed by atoms with E-state index in [1.807, 2.05) is 51.1 Å². The number of carbonyl (C=O) groups is 3. The summed E-state index contributed by atoms with van der Waals surface area (Å²) in [5.74, 6) is -1.75. The van der Waals surface area contributed by atoms with Gasteiger partial charge in [-0.3, -0.25) is 14.4 Å². The van der Waals surface area contributed by atoms with E-state index in [0.717, 1.165) is 5.56 Å². The maximum Gasteiger partial charge on any atom is 0.250 e. The summed E-state index contributed by atoms with van der Waals surface area (Å²) in [6.45, 7) is 5.68.